The molecule has 25 heavy (non-hydrogen) atoms. The topological polar surface area (TPSA) is 35.6 Å². The Hall–Kier alpha value is -2.40. The molecule has 1 saturated heterocycles. The lowest BCUT2D eigenvalue weighted by atomic mass is 10.1. The summed E-state index contributed by atoms with van der Waals surface area (Å²) in [5, 5.41) is 2.85. The predicted molar refractivity (Wildman–Crippen MR) is 99.5 cm³/mol. The number of rotatable bonds is 4. The first-order valence-corrected chi connectivity index (χ1v) is 8.65. The second-order valence-electron chi connectivity index (χ2n) is 6.53. The van der Waals surface area contributed by atoms with E-state index in [1.807, 2.05) is 6.92 Å². The largest absolute Gasteiger partial charge is 0.369 e. The summed E-state index contributed by atoms with van der Waals surface area (Å²) in [5.74, 6) is -0.367. The van der Waals surface area contributed by atoms with Gasteiger partial charge in [0.2, 0.25) is 5.91 Å². The second-order valence-corrected chi connectivity index (χ2v) is 6.53. The van der Waals surface area contributed by atoms with Gasteiger partial charge in [-0.15, -0.1) is 0 Å². The number of carbonyl (C=O) groups excluding carboxylic acids is 1. The smallest absolute Gasteiger partial charge is 0.241 e. The molecule has 0 aromatic heterocycles. The summed E-state index contributed by atoms with van der Waals surface area (Å²) in [5.41, 5.74) is 3.11. The molecule has 0 unspecified atom stereocenters. The van der Waals surface area contributed by atoms with Crippen LogP contribution in [-0.2, 0) is 4.79 Å². The molecule has 1 N–H and O–H groups in total. The van der Waals surface area contributed by atoms with Crippen LogP contribution >= 0.6 is 0 Å². The lowest BCUT2D eigenvalue weighted by molar-refractivity contribution is -0.120. The van der Waals surface area contributed by atoms with Gasteiger partial charge in [0.05, 0.1) is 6.04 Å². The lowest BCUT2D eigenvalue weighted by Gasteiger charge is -2.38. The van der Waals surface area contributed by atoms with Crippen molar-refractivity contribution in [2.75, 3.05) is 36.4 Å². The van der Waals surface area contributed by atoms with Crippen molar-refractivity contribution >= 4 is 17.3 Å². The highest BCUT2D eigenvalue weighted by Gasteiger charge is 2.25. The molecule has 0 aliphatic carbocycles. The summed E-state index contributed by atoms with van der Waals surface area (Å²) in [6.07, 6.45) is 0. The van der Waals surface area contributed by atoms with Gasteiger partial charge in [0.15, 0.2) is 0 Å². The summed E-state index contributed by atoms with van der Waals surface area (Å²) < 4.78 is 12.9. The minimum Gasteiger partial charge on any atom is -0.369 e. The Labute approximate surface area is 148 Å². The number of nitrogens with zero attached hydrogens (tertiary/aromatic N) is 2. The number of nitrogens with one attached hydrogen (secondary N) is 1. The molecule has 2 aromatic carbocycles. The van der Waals surface area contributed by atoms with Crippen LogP contribution in [0.5, 0.6) is 0 Å². The first-order chi connectivity index (χ1) is 12.0. The number of amides is 1. The summed E-state index contributed by atoms with van der Waals surface area (Å²) in [6, 6.07) is 14.2. The van der Waals surface area contributed by atoms with Crippen molar-refractivity contribution in [2.45, 2.75) is 19.9 Å². The molecule has 4 nitrogen and oxygen atoms in total. The Balaban J connectivity index is 1.53. The van der Waals surface area contributed by atoms with Gasteiger partial charge < -0.3 is 10.2 Å². The van der Waals surface area contributed by atoms with Gasteiger partial charge >= 0.3 is 0 Å². The molecule has 132 valence electrons. The van der Waals surface area contributed by atoms with Crippen LogP contribution in [0.1, 0.15) is 12.5 Å². The average molecular weight is 341 g/mol. The SMILES string of the molecule is Cc1ccc(N2CCN([C@H](C)C(=O)Nc3ccc(F)cc3)CC2)cc1. The Kier molecular flexibility index (Phi) is 5.34. The van der Waals surface area contributed by atoms with Gasteiger partial charge in [0, 0.05) is 37.6 Å². The second kappa shape index (κ2) is 7.66. The number of piperazine rings is 1. The molecule has 0 saturated carbocycles. The van der Waals surface area contributed by atoms with Crippen LogP contribution in [-0.4, -0.2) is 43.0 Å². The Bertz CT molecular complexity index is 707. The van der Waals surface area contributed by atoms with Gasteiger partial charge in [-0.2, -0.15) is 0 Å². The van der Waals surface area contributed by atoms with Gasteiger partial charge in [-0.3, -0.25) is 9.69 Å². The molecular weight excluding hydrogens is 317 g/mol. The highest BCUT2D eigenvalue weighted by Crippen LogP contribution is 2.18. The Morgan fingerprint density at radius 1 is 1.00 bits per heavy atom. The molecule has 2 aromatic rings. The normalized spacial score (nSPS) is 16.5. The molecule has 1 heterocycles. The minimum absolute atomic E-state index is 0.0598. The van der Waals surface area contributed by atoms with Crippen molar-refractivity contribution < 1.29 is 9.18 Å². The first-order valence-electron chi connectivity index (χ1n) is 8.65. The monoisotopic (exact) mass is 341 g/mol. The molecular formula is C20H24FN3O. The number of benzene rings is 2. The van der Waals surface area contributed by atoms with E-state index in [2.05, 4.69) is 46.3 Å². The van der Waals surface area contributed by atoms with Crippen molar-refractivity contribution in [3.8, 4) is 0 Å². The van der Waals surface area contributed by atoms with Crippen molar-refractivity contribution in [1.82, 2.24) is 4.90 Å². The highest BCUT2D eigenvalue weighted by atomic mass is 19.1. The summed E-state index contributed by atoms with van der Waals surface area (Å²) in [4.78, 5) is 17.0. The maximum atomic E-state index is 12.9. The Morgan fingerprint density at radius 2 is 1.60 bits per heavy atom. The standard InChI is InChI=1S/C20H24FN3O/c1-15-3-9-19(10-4-15)24-13-11-23(12-14-24)16(2)20(25)22-18-7-5-17(21)6-8-18/h3-10,16H,11-14H2,1-2H3,(H,22,25)/t16-/m1/s1. The molecule has 1 atom stereocenters. The molecule has 1 amide bonds. The molecule has 3 rings (SSSR count). The maximum Gasteiger partial charge on any atom is 0.241 e. The summed E-state index contributed by atoms with van der Waals surface area (Å²) in [7, 11) is 0. The van der Waals surface area contributed by atoms with E-state index in [0.717, 1.165) is 26.2 Å². The maximum absolute atomic E-state index is 12.9. The van der Waals surface area contributed by atoms with Crippen LogP contribution in [0.25, 0.3) is 0 Å². The summed E-state index contributed by atoms with van der Waals surface area (Å²) >= 11 is 0. The zero-order chi connectivity index (χ0) is 17.8. The van der Waals surface area contributed by atoms with Crippen molar-refractivity contribution in [1.29, 1.82) is 0 Å². The molecule has 5 heteroatoms. The third kappa shape index (κ3) is 4.37. The van der Waals surface area contributed by atoms with E-state index in [4.69, 9.17) is 0 Å². The fourth-order valence-corrected chi connectivity index (χ4v) is 3.07. The molecule has 1 aliphatic heterocycles. The van der Waals surface area contributed by atoms with Crippen LogP contribution in [0.2, 0.25) is 0 Å². The molecule has 0 spiro atoms. The lowest BCUT2D eigenvalue weighted by Crippen LogP contribution is -2.52. The van der Waals surface area contributed by atoms with E-state index in [1.54, 1.807) is 12.1 Å². The third-order valence-electron chi connectivity index (χ3n) is 4.75. The van der Waals surface area contributed by atoms with E-state index in [9.17, 15) is 9.18 Å². The van der Waals surface area contributed by atoms with E-state index in [0.29, 0.717) is 5.69 Å². The number of carbonyl (C=O) groups is 1. The average Bonchev–Trinajstić information content (AvgIpc) is 2.64. The quantitative estimate of drug-likeness (QED) is 0.927. The molecule has 0 bridgehead atoms. The fraction of sp³-hybridized carbons (Fsp3) is 0.350. The number of anilines is 2. The van der Waals surface area contributed by atoms with Gasteiger partial charge in [0.25, 0.3) is 0 Å². The van der Waals surface area contributed by atoms with Gasteiger partial charge in [-0.25, -0.2) is 4.39 Å². The first kappa shape index (κ1) is 17.4. The van der Waals surface area contributed by atoms with Crippen LogP contribution in [0.4, 0.5) is 15.8 Å². The number of halogens is 1. The number of hydrogen-bond acceptors (Lipinski definition) is 3. The Morgan fingerprint density at radius 3 is 2.20 bits per heavy atom. The zero-order valence-electron chi connectivity index (χ0n) is 14.7. The summed E-state index contributed by atoms with van der Waals surface area (Å²) in [6.45, 7) is 7.48. The van der Waals surface area contributed by atoms with Gasteiger partial charge in [-0.05, 0) is 50.2 Å². The molecule has 1 fully saturated rings. The number of aryl methyl sites for hydroxylation is 1. The number of hydrogen-bond donors (Lipinski definition) is 1. The van der Waals surface area contributed by atoms with E-state index < -0.39 is 0 Å². The van der Waals surface area contributed by atoms with Crippen LogP contribution in [0, 0.1) is 12.7 Å². The molecule has 1 aliphatic rings. The minimum atomic E-state index is -0.307. The van der Waals surface area contributed by atoms with E-state index >= 15 is 0 Å². The highest BCUT2D eigenvalue weighted by molar-refractivity contribution is 5.94. The predicted octanol–water partition coefficient (Wildman–Crippen LogP) is 3.28. The van der Waals surface area contributed by atoms with Crippen LogP contribution in [0.3, 0.4) is 0 Å². The van der Waals surface area contributed by atoms with Gasteiger partial charge in [-0.1, -0.05) is 17.7 Å². The van der Waals surface area contributed by atoms with E-state index in [1.165, 1.54) is 23.4 Å². The van der Waals surface area contributed by atoms with Crippen LogP contribution < -0.4 is 10.2 Å². The fourth-order valence-electron chi connectivity index (χ4n) is 3.07. The van der Waals surface area contributed by atoms with Crippen LogP contribution in [0.15, 0.2) is 48.5 Å². The van der Waals surface area contributed by atoms with Crippen molar-refractivity contribution in [3.05, 3.63) is 59.9 Å². The van der Waals surface area contributed by atoms with Gasteiger partial charge in [0.1, 0.15) is 5.82 Å². The van der Waals surface area contributed by atoms with E-state index in [-0.39, 0.29) is 17.8 Å². The molecule has 0 radical (unpaired) electrons. The third-order valence-corrected chi connectivity index (χ3v) is 4.75. The zero-order valence-corrected chi connectivity index (χ0v) is 14.7. The van der Waals surface area contributed by atoms with Crippen molar-refractivity contribution in [3.63, 3.8) is 0 Å². The van der Waals surface area contributed by atoms with Crippen molar-refractivity contribution in [2.24, 2.45) is 0 Å².